The van der Waals surface area contributed by atoms with Gasteiger partial charge < -0.3 is 50.4 Å². The van der Waals surface area contributed by atoms with Gasteiger partial charge in [0.1, 0.15) is 40.0 Å². The molecule has 0 amide bonds. The van der Waals surface area contributed by atoms with Crippen molar-refractivity contribution >= 4 is 47.8 Å². The SMILES string of the molecule is C1N2CN3CN1C[NH+](C2)C3.C1N2CN3CN1C[NH+](C2)C3.O=C(O)CCC(=O)O.O=C(O)CCC(=O)O.O=C([O-])CCC(=O)O.O=C([O-])CCC(=O)O. The number of hydrogen-bond donors (Lipinski definition) is 8. The van der Waals surface area contributed by atoms with Crippen molar-refractivity contribution in [3.63, 3.8) is 0 Å². The second-order valence-corrected chi connectivity index (χ2v) is 12.4. The molecular weight excluding hydrogens is 704 g/mol. The molecule has 8 rings (SSSR count). The van der Waals surface area contributed by atoms with Crippen molar-refractivity contribution in [3.8, 4) is 0 Å². The molecule has 8 fully saturated rings. The Labute approximate surface area is 297 Å². The average Bonchev–Trinajstić information content (AvgIpc) is 3.01. The van der Waals surface area contributed by atoms with E-state index in [9.17, 15) is 48.6 Å². The molecule has 8 saturated heterocycles. The maximum Gasteiger partial charge on any atom is 0.303 e. The number of carbonyl (C=O) groups excluding carboxylic acids is 2. The van der Waals surface area contributed by atoms with Crippen LogP contribution in [0, 0.1) is 0 Å². The Morgan fingerprint density at radius 1 is 0.346 bits per heavy atom. The van der Waals surface area contributed by atoms with E-state index >= 15 is 0 Å². The fourth-order valence-corrected chi connectivity index (χ4v) is 5.61. The number of rotatable bonds is 12. The molecule has 52 heavy (non-hydrogen) atoms. The Kier molecular flexibility index (Phi) is 20.8. The summed E-state index contributed by atoms with van der Waals surface area (Å²) in [5, 5.41) is 66.4. The summed E-state index contributed by atoms with van der Waals surface area (Å²) in [7, 11) is 0. The Morgan fingerprint density at radius 3 is 0.596 bits per heavy atom. The average molecular weight is 753 g/mol. The summed E-state index contributed by atoms with van der Waals surface area (Å²) in [6.07, 6.45) is -2.72. The van der Waals surface area contributed by atoms with Crippen LogP contribution >= 0.6 is 0 Å². The zero-order valence-corrected chi connectivity index (χ0v) is 28.6. The van der Waals surface area contributed by atoms with E-state index in [1.807, 2.05) is 0 Å². The zero-order valence-electron chi connectivity index (χ0n) is 28.6. The minimum Gasteiger partial charge on any atom is -0.550 e. The van der Waals surface area contributed by atoms with Crippen molar-refractivity contribution < 1.29 is 89.0 Å². The number of carboxylic acids is 8. The van der Waals surface area contributed by atoms with Crippen LogP contribution in [0.1, 0.15) is 51.4 Å². The molecule has 0 radical (unpaired) electrons. The fraction of sp³-hybridized carbons (Fsp3) is 0.714. The molecule has 0 aromatic rings. The molecule has 0 atom stereocenters. The number of quaternary nitrogens is 2. The monoisotopic (exact) mass is 752 g/mol. The van der Waals surface area contributed by atoms with E-state index < -0.39 is 60.6 Å². The highest BCUT2D eigenvalue weighted by Gasteiger charge is 2.40. The summed E-state index contributed by atoms with van der Waals surface area (Å²) in [6, 6.07) is 0. The van der Waals surface area contributed by atoms with Crippen LogP contribution in [0.25, 0.3) is 0 Å². The minimum atomic E-state index is -1.33. The Hall–Kier alpha value is -4.56. The largest absolute Gasteiger partial charge is 0.550 e. The van der Waals surface area contributed by atoms with Gasteiger partial charge in [-0.3, -0.25) is 38.6 Å². The first-order chi connectivity index (χ1) is 24.3. The van der Waals surface area contributed by atoms with Gasteiger partial charge in [0.25, 0.3) is 0 Å². The van der Waals surface area contributed by atoms with Gasteiger partial charge in [0.05, 0.1) is 78.5 Å². The van der Waals surface area contributed by atoms with E-state index in [0.29, 0.717) is 0 Å². The van der Waals surface area contributed by atoms with E-state index in [1.165, 1.54) is 80.0 Å². The standard InChI is InChI=1S/2C6H12N4.4C4H6O4/c2*1-7-2-9-4-8(1)5-10(3-7)6-9;4*5-3(6)1-2-4(7)8/h2*1-6H2;4*1-2H2,(H,5,6)(H,7,8). The predicted molar refractivity (Wildman–Crippen MR) is 164 cm³/mol. The molecule has 296 valence electrons. The van der Waals surface area contributed by atoms with Crippen LogP contribution in [0.2, 0.25) is 0 Å². The molecule has 8 heterocycles. The topological polar surface area (TPSA) is 332 Å². The summed E-state index contributed by atoms with van der Waals surface area (Å²) >= 11 is 0. The molecule has 24 nitrogen and oxygen atoms in total. The highest BCUT2D eigenvalue weighted by Crippen LogP contribution is 2.10. The summed E-state index contributed by atoms with van der Waals surface area (Å²) in [5.41, 5.74) is 0. The molecular formula is C28H48N8O16. The highest BCUT2D eigenvalue weighted by atomic mass is 16.4. The number of nitrogens with zero attached hydrogens (tertiary/aromatic N) is 6. The molecule has 24 heteroatoms. The van der Waals surface area contributed by atoms with E-state index in [0.717, 1.165) is 0 Å². The maximum atomic E-state index is 9.64. The smallest absolute Gasteiger partial charge is 0.303 e. The summed E-state index contributed by atoms with van der Waals surface area (Å²) in [5.74, 6) is -9.19. The fourth-order valence-electron chi connectivity index (χ4n) is 5.61. The van der Waals surface area contributed by atoms with Crippen molar-refractivity contribution in [2.75, 3.05) is 80.0 Å². The van der Waals surface area contributed by atoms with Crippen LogP contribution in [0.3, 0.4) is 0 Å². The van der Waals surface area contributed by atoms with Crippen molar-refractivity contribution in [2.24, 2.45) is 0 Å². The third-order valence-corrected chi connectivity index (χ3v) is 7.27. The number of nitrogens with one attached hydrogen (secondary N) is 2. The third-order valence-electron chi connectivity index (χ3n) is 7.27. The van der Waals surface area contributed by atoms with Crippen molar-refractivity contribution in [1.29, 1.82) is 0 Å². The van der Waals surface area contributed by atoms with E-state index in [-0.39, 0.29) is 38.5 Å². The van der Waals surface area contributed by atoms with Crippen LogP contribution in [0.15, 0.2) is 0 Å². The lowest BCUT2D eigenvalue weighted by Gasteiger charge is -2.53. The normalized spacial score (nSPS) is 27.4. The summed E-state index contributed by atoms with van der Waals surface area (Å²) in [4.78, 5) is 95.3. The molecule has 8 N–H and O–H groups in total. The minimum absolute atomic E-state index is 0.296. The second kappa shape index (κ2) is 23.8. The first-order valence-corrected chi connectivity index (χ1v) is 16.0. The quantitative estimate of drug-likeness (QED) is 0.0917. The van der Waals surface area contributed by atoms with Crippen LogP contribution in [-0.4, -0.2) is 188 Å². The van der Waals surface area contributed by atoms with Crippen LogP contribution in [-0.2, 0) is 38.4 Å². The predicted octanol–water partition coefficient (Wildman–Crippen LogP) is -7.80. The first kappa shape index (κ1) is 45.5. The number of hydrogen-bond acceptors (Lipinski definition) is 16. The molecule has 0 aromatic carbocycles. The zero-order chi connectivity index (χ0) is 39.4. The van der Waals surface area contributed by atoms with E-state index in [4.69, 9.17) is 30.6 Å². The van der Waals surface area contributed by atoms with Crippen molar-refractivity contribution in [2.45, 2.75) is 51.4 Å². The Morgan fingerprint density at radius 2 is 0.500 bits per heavy atom. The highest BCUT2D eigenvalue weighted by molar-refractivity contribution is 5.76. The van der Waals surface area contributed by atoms with Crippen molar-refractivity contribution in [3.05, 3.63) is 0 Å². The van der Waals surface area contributed by atoms with Gasteiger partial charge in [0.15, 0.2) is 0 Å². The lowest BCUT2D eigenvalue weighted by Crippen LogP contribution is -3.21. The number of aliphatic carboxylic acids is 8. The van der Waals surface area contributed by atoms with E-state index in [2.05, 4.69) is 29.4 Å². The van der Waals surface area contributed by atoms with Gasteiger partial charge in [-0.25, -0.2) is 29.4 Å². The van der Waals surface area contributed by atoms with Gasteiger partial charge in [0.2, 0.25) is 0 Å². The summed E-state index contributed by atoms with van der Waals surface area (Å²) < 4.78 is 0. The van der Waals surface area contributed by atoms with Gasteiger partial charge in [-0.15, -0.1) is 0 Å². The van der Waals surface area contributed by atoms with Crippen LogP contribution in [0.4, 0.5) is 0 Å². The van der Waals surface area contributed by atoms with Gasteiger partial charge in [-0.1, -0.05) is 0 Å². The molecule has 0 aliphatic carbocycles. The molecule has 8 aliphatic heterocycles. The third kappa shape index (κ3) is 22.3. The van der Waals surface area contributed by atoms with Gasteiger partial charge >= 0.3 is 35.8 Å². The van der Waals surface area contributed by atoms with Gasteiger partial charge in [-0.2, -0.15) is 0 Å². The summed E-state index contributed by atoms with van der Waals surface area (Å²) in [6.45, 7) is 14.9. The first-order valence-electron chi connectivity index (χ1n) is 16.0. The molecule has 0 spiro atoms. The molecule has 8 aliphatic rings. The molecule has 8 bridgehead atoms. The van der Waals surface area contributed by atoms with Crippen LogP contribution in [0.5, 0.6) is 0 Å². The molecule has 0 aromatic heterocycles. The molecule has 0 unspecified atom stereocenters. The van der Waals surface area contributed by atoms with E-state index in [1.54, 1.807) is 9.80 Å². The van der Waals surface area contributed by atoms with Crippen molar-refractivity contribution in [1.82, 2.24) is 29.4 Å². The lowest BCUT2D eigenvalue weighted by molar-refractivity contribution is -0.958. The number of carboxylic acid groups (broad SMARTS) is 8. The van der Waals surface area contributed by atoms with Gasteiger partial charge in [-0.05, 0) is 12.8 Å². The van der Waals surface area contributed by atoms with Gasteiger partial charge in [0, 0.05) is 11.9 Å². The number of carbonyl (C=O) groups is 8. The Balaban J connectivity index is 0.000000314. The maximum absolute atomic E-state index is 9.64. The van der Waals surface area contributed by atoms with Crippen LogP contribution < -0.4 is 20.0 Å². The lowest BCUT2D eigenvalue weighted by atomic mass is 10.3. The Bertz CT molecular complexity index is 921. The molecule has 0 saturated carbocycles. The second-order valence-electron chi connectivity index (χ2n) is 12.4.